The van der Waals surface area contributed by atoms with Crippen molar-refractivity contribution >= 4 is 11.3 Å². The second-order valence-electron chi connectivity index (χ2n) is 3.87. The van der Waals surface area contributed by atoms with Gasteiger partial charge in [0.25, 0.3) is 0 Å². The molecule has 1 aliphatic carbocycles. The molecule has 74 valence electrons. The lowest BCUT2D eigenvalue weighted by molar-refractivity contribution is 0.713. The Kier molecular flexibility index (Phi) is 2.83. The lowest BCUT2D eigenvalue weighted by Crippen LogP contribution is -1.92. The maximum absolute atomic E-state index is 8.63. The van der Waals surface area contributed by atoms with Crippen molar-refractivity contribution in [3.8, 4) is 6.07 Å². The lowest BCUT2D eigenvalue weighted by Gasteiger charge is -2.02. The minimum absolute atomic E-state index is 0.467. The van der Waals surface area contributed by atoms with Gasteiger partial charge < -0.3 is 0 Å². The second-order valence-corrected chi connectivity index (χ2v) is 5.11. The third-order valence-electron chi connectivity index (χ3n) is 2.86. The number of thiazole rings is 1. The molecule has 1 saturated carbocycles. The zero-order chi connectivity index (χ0) is 9.97. The third kappa shape index (κ3) is 1.80. The highest BCUT2D eigenvalue weighted by Crippen LogP contribution is 2.36. The molecule has 0 bridgehead atoms. The van der Waals surface area contributed by atoms with Crippen LogP contribution in [0.1, 0.15) is 47.2 Å². The molecular weight excluding hydrogens is 192 g/mol. The van der Waals surface area contributed by atoms with Crippen molar-refractivity contribution in [1.82, 2.24) is 4.98 Å². The Hall–Kier alpha value is -0.880. The minimum Gasteiger partial charge on any atom is -0.245 e. The molecule has 0 atom stereocenters. The number of aryl methyl sites for hydroxylation is 1. The maximum atomic E-state index is 8.63. The number of nitriles is 1. The Morgan fingerprint density at radius 3 is 2.86 bits per heavy atom. The molecule has 1 aromatic rings. The number of rotatable bonds is 2. The Balaban J connectivity index is 2.19. The molecule has 14 heavy (non-hydrogen) atoms. The molecule has 0 aromatic carbocycles. The van der Waals surface area contributed by atoms with Crippen molar-refractivity contribution in [1.29, 1.82) is 5.26 Å². The van der Waals surface area contributed by atoms with E-state index in [0.29, 0.717) is 12.3 Å². The van der Waals surface area contributed by atoms with E-state index in [4.69, 9.17) is 5.26 Å². The summed E-state index contributed by atoms with van der Waals surface area (Å²) >= 11 is 1.79. The summed E-state index contributed by atoms with van der Waals surface area (Å²) in [6.45, 7) is 2.07. The molecule has 2 nitrogen and oxygen atoms in total. The summed E-state index contributed by atoms with van der Waals surface area (Å²) < 4.78 is 0. The Labute approximate surface area is 88.6 Å². The number of aromatic nitrogens is 1. The van der Waals surface area contributed by atoms with E-state index in [9.17, 15) is 0 Å². The fourth-order valence-electron chi connectivity index (χ4n) is 2.04. The maximum Gasteiger partial charge on any atom is 0.0962 e. The van der Waals surface area contributed by atoms with Crippen molar-refractivity contribution in [3.05, 3.63) is 15.6 Å². The molecule has 1 heterocycles. The van der Waals surface area contributed by atoms with Crippen molar-refractivity contribution in [2.45, 2.75) is 44.9 Å². The van der Waals surface area contributed by atoms with E-state index in [1.165, 1.54) is 35.6 Å². The molecule has 3 heteroatoms. The molecule has 0 N–H and O–H groups in total. The van der Waals surface area contributed by atoms with Gasteiger partial charge in [-0.15, -0.1) is 11.3 Å². The van der Waals surface area contributed by atoms with Gasteiger partial charge in [0.05, 0.1) is 23.2 Å². The van der Waals surface area contributed by atoms with Crippen LogP contribution in [0, 0.1) is 18.3 Å². The SMILES string of the molecule is Cc1sc(C2CCCC2)nc1CC#N. The molecular formula is C11H14N2S. The number of nitrogens with zero attached hydrogens (tertiary/aromatic N) is 2. The quantitative estimate of drug-likeness (QED) is 0.745. The first-order chi connectivity index (χ1) is 6.81. The third-order valence-corrected chi connectivity index (χ3v) is 4.04. The summed E-state index contributed by atoms with van der Waals surface area (Å²) in [6.07, 6.45) is 5.74. The van der Waals surface area contributed by atoms with Crippen LogP contribution in [-0.4, -0.2) is 4.98 Å². The van der Waals surface area contributed by atoms with E-state index in [1.54, 1.807) is 11.3 Å². The monoisotopic (exact) mass is 206 g/mol. The van der Waals surface area contributed by atoms with Crippen molar-refractivity contribution < 1.29 is 0 Å². The summed E-state index contributed by atoms with van der Waals surface area (Å²) in [5.41, 5.74) is 0.999. The molecule has 1 aliphatic rings. The zero-order valence-electron chi connectivity index (χ0n) is 8.42. The standard InChI is InChI=1S/C11H14N2S/c1-8-10(6-7-12)13-11(14-8)9-4-2-3-5-9/h9H,2-6H2,1H3. The molecule has 0 amide bonds. The van der Waals surface area contributed by atoms with Gasteiger partial charge in [0.15, 0.2) is 0 Å². The largest absolute Gasteiger partial charge is 0.245 e. The van der Waals surface area contributed by atoms with E-state index < -0.39 is 0 Å². The number of hydrogen-bond donors (Lipinski definition) is 0. The van der Waals surface area contributed by atoms with Crippen LogP contribution in [0.25, 0.3) is 0 Å². The van der Waals surface area contributed by atoms with Gasteiger partial charge in [-0.3, -0.25) is 0 Å². The van der Waals surface area contributed by atoms with E-state index >= 15 is 0 Å². The van der Waals surface area contributed by atoms with E-state index in [0.717, 1.165) is 5.69 Å². The fourth-order valence-corrected chi connectivity index (χ4v) is 3.14. The van der Waals surface area contributed by atoms with Gasteiger partial charge >= 0.3 is 0 Å². The molecule has 0 unspecified atom stereocenters. The molecule has 0 aliphatic heterocycles. The summed E-state index contributed by atoms with van der Waals surface area (Å²) in [6, 6.07) is 2.17. The Morgan fingerprint density at radius 2 is 2.21 bits per heavy atom. The molecule has 2 rings (SSSR count). The fraction of sp³-hybridized carbons (Fsp3) is 0.636. The van der Waals surface area contributed by atoms with Gasteiger partial charge in [-0.1, -0.05) is 12.8 Å². The molecule has 0 radical (unpaired) electrons. The van der Waals surface area contributed by atoms with Crippen molar-refractivity contribution in [3.63, 3.8) is 0 Å². The molecule has 1 fully saturated rings. The summed E-state index contributed by atoms with van der Waals surface area (Å²) in [5, 5.41) is 9.90. The predicted octanol–water partition coefficient (Wildman–Crippen LogP) is 3.18. The smallest absolute Gasteiger partial charge is 0.0962 e. The van der Waals surface area contributed by atoms with Crippen molar-refractivity contribution in [2.24, 2.45) is 0 Å². The molecule has 0 saturated heterocycles. The highest BCUT2D eigenvalue weighted by molar-refractivity contribution is 7.11. The summed E-state index contributed by atoms with van der Waals surface area (Å²) in [5.74, 6) is 0.686. The van der Waals surface area contributed by atoms with Crippen LogP contribution < -0.4 is 0 Å². The molecule has 1 aromatic heterocycles. The van der Waals surface area contributed by atoms with Crippen LogP contribution >= 0.6 is 11.3 Å². The van der Waals surface area contributed by atoms with Crippen LogP contribution in [0.4, 0.5) is 0 Å². The first kappa shape index (κ1) is 9.67. The van der Waals surface area contributed by atoms with Crippen LogP contribution in [0.5, 0.6) is 0 Å². The highest BCUT2D eigenvalue weighted by Gasteiger charge is 2.21. The van der Waals surface area contributed by atoms with Crippen molar-refractivity contribution in [2.75, 3.05) is 0 Å². The lowest BCUT2D eigenvalue weighted by atomic mass is 10.1. The van der Waals surface area contributed by atoms with Gasteiger partial charge in [0, 0.05) is 10.8 Å². The average Bonchev–Trinajstić information content (AvgIpc) is 2.76. The topological polar surface area (TPSA) is 36.7 Å². The highest BCUT2D eigenvalue weighted by atomic mass is 32.1. The van der Waals surface area contributed by atoms with Crippen LogP contribution in [-0.2, 0) is 6.42 Å². The zero-order valence-corrected chi connectivity index (χ0v) is 9.23. The van der Waals surface area contributed by atoms with E-state index in [-0.39, 0.29) is 0 Å². The van der Waals surface area contributed by atoms with Crippen LogP contribution in [0.15, 0.2) is 0 Å². The van der Waals surface area contributed by atoms with E-state index in [2.05, 4.69) is 18.0 Å². The summed E-state index contributed by atoms with van der Waals surface area (Å²) in [7, 11) is 0. The average molecular weight is 206 g/mol. The number of hydrogen-bond acceptors (Lipinski definition) is 3. The van der Waals surface area contributed by atoms with Gasteiger partial charge in [0.1, 0.15) is 0 Å². The van der Waals surface area contributed by atoms with Crippen LogP contribution in [0.3, 0.4) is 0 Å². The predicted molar refractivity (Wildman–Crippen MR) is 57.4 cm³/mol. The van der Waals surface area contributed by atoms with Gasteiger partial charge in [-0.25, -0.2) is 4.98 Å². The first-order valence-corrected chi connectivity index (χ1v) is 5.96. The Morgan fingerprint density at radius 1 is 1.50 bits per heavy atom. The van der Waals surface area contributed by atoms with Gasteiger partial charge in [0.2, 0.25) is 0 Å². The first-order valence-electron chi connectivity index (χ1n) is 5.14. The summed E-state index contributed by atoms with van der Waals surface area (Å²) in [4.78, 5) is 5.81. The second kappa shape index (κ2) is 4.10. The van der Waals surface area contributed by atoms with Crippen LogP contribution in [0.2, 0.25) is 0 Å². The minimum atomic E-state index is 0.467. The van der Waals surface area contributed by atoms with Gasteiger partial charge in [-0.2, -0.15) is 5.26 Å². The Bertz CT molecular complexity index is 356. The van der Waals surface area contributed by atoms with E-state index in [1.807, 2.05) is 0 Å². The van der Waals surface area contributed by atoms with Gasteiger partial charge in [-0.05, 0) is 19.8 Å². The molecule has 0 spiro atoms. The normalized spacial score (nSPS) is 17.1.